The fraction of sp³-hybridized carbons (Fsp3) is 0.0625. The van der Waals surface area contributed by atoms with Gasteiger partial charge in [0.2, 0.25) is 9.84 Å². The van der Waals surface area contributed by atoms with E-state index < -0.39 is 26.0 Å². The van der Waals surface area contributed by atoms with Gasteiger partial charge in [-0.3, -0.25) is 4.79 Å². The van der Waals surface area contributed by atoms with Crippen molar-refractivity contribution >= 4 is 32.3 Å². The van der Waals surface area contributed by atoms with Crippen LogP contribution in [-0.2, 0) is 9.84 Å². The lowest BCUT2D eigenvalue weighted by atomic mass is 10.1. The molecule has 0 amide bonds. The highest BCUT2D eigenvalue weighted by Crippen LogP contribution is 2.33. The Bertz CT molecular complexity index is 1070. The molecule has 118 valence electrons. The lowest BCUT2D eigenvalue weighted by molar-refractivity contribution is 0.462. The molecule has 1 heterocycles. The number of nitrogens with one attached hydrogen (secondary N) is 1. The highest BCUT2D eigenvalue weighted by Gasteiger charge is 2.27. The number of aromatic nitrogens is 1. The number of rotatable bonds is 2. The summed E-state index contributed by atoms with van der Waals surface area (Å²) in [6.45, 7) is 1.72. The predicted octanol–water partition coefficient (Wildman–Crippen LogP) is 3.03. The van der Waals surface area contributed by atoms with Crippen LogP contribution < -0.4 is 5.56 Å². The molecule has 7 heteroatoms. The monoisotopic (exact) mass is 349 g/mol. The quantitative estimate of drug-likeness (QED) is 0.744. The number of halogens is 1. The Hall–Kier alpha value is -2.31. The predicted molar refractivity (Wildman–Crippen MR) is 87.9 cm³/mol. The number of benzene rings is 2. The van der Waals surface area contributed by atoms with Crippen LogP contribution in [0, 0.1) is 6.92 Å². The molecule has 2 aromatic carbocycles. The molecule has 0 fully saturated rings. The van der Waals surface area contributed by atoms with Crippen LogP contribution in [0.1, 0.15) is 5.56 Å². The molecule has 0 spiro atoms. The first-order valence-electron chi connectivity index (χ1n) is 6.67. The molecule has 0 saturated heterocycles. The van der Waals surface area contributed by atoms with Crippen molar-refractivity contribution in [3.8, 4) is 5.75 Å². The van der Waals surface area contributed by atoms with Gasteiger partial charge in [-0.25, -0.2) is 8.42 Å². The molecule has 3 rings (SSSR count). The maximum Gasteiger partial charge on any atom is 0.271 e. The number of aryl methyl sites for hydroxylation is 1. The zero-order chi connectivity index (χ0) is 16.8. The third-order valence-electron chi connectivity index (χ3n) is 3.55. The van der Waals surface area contributed by atoms with Crippen LogP contribution in [0.3, 0.4) is 0 Å². The van der Waals surface area contributed by atoms with E-state index in [0.29, 0.717) is 10.6 Å². The number of aromatic hydroxyl groups is 1. The van der Waals surface area contributed by atoms with Gasteiger partial charge in [0.05, 0.1) is 10.4 Å². The Balaban J connectivity index is 2.39. The molecule has 2 N–H and O–H groups in total. The van der Waals surface area contributed by atoms with Crippen LogP contribution in [-0.4, -0.2) is 18.5 Å². The fourth-order valence-electron chi connectivity index (χ4n) is 2.36. The van der Waals surface area contributed by atoms with Gasteiger partial charge in [-0.05, 0) is 36.8 Å². The molecule has 1 aromatic heterocycles. The van der Waals surface area contributed by atoms with Crippen molar-refractivity contribution < 1.29 is 13.5 Å². The van der Waals surface area contributed by atoms with Crippen LogP contribution in [0.15, 0.2) is 57.1 Å². The Morgan fingerprint density at radius 2 is 1.78 bits per heavy atom. The molecule has 0 radical (unpaired) electrons. The maximum atomic E-state index is 12.7. The molecule has 0 aliphatic carbocycles. The van der Waals surface area contributed by atoms with Crippen LogP contribution in [0.2, 0.25) is 5.02 Å². The van der Waals surface area contributed by atoms with Crippen molar-refractivity contribution in [3.63, 3.8) is 0 Å². The molecule has 0 saturated carbocycles. The standard InChI is InChI=1S/C16H12ClNO4S/c1-9-7-11-13(8-12(9)17)18-16(20)15(14(11)19)23(21,22)10-5-3-2-4-6-10/h2-8H,1H3,(H2,18,19,20). The molecule has 23 heavy (non-hydrogen) atoms. The van der Waals surface area contributed by atoms with E-state index in [-0.39, 0.29) is 15.8 Å². The summed E-state index contributed by atoms with van der Waals surface area (Å²) in [6.07, 6.45) is 0. The molecular formula is C16H12ClNO4S. The summed E-state index contributed by atoms with van der Waals surface area (Å²) < 4.78 is 25.3. The lowest BCUT2D eigenvalue weighted by Gasteiger charge is -2.10. The van der Waals surface area contributed by atoms with Crippen LogP contribution in [0.5, 0.6) is 5.75 Å². The van der Waals surface area contributed by atoms with Gasteiger partial charge in [0.1, 0.15) is 5.75 Å². The number of aromatic amines is 1. The van der Waals surface area contributed by atoms with Gasteiger partial charge in [-0.15, -0.1) is 0 Å². The minimum absolute atomic E-state index is 0.0640. The Morgan fingerprint density at radius 1 is 1.13 bits per heavy atom. The van der Waals surface area contributed by atoms with Crippen molar-refractivity contribution in [1.29, 1.82) is 0 Å². The van der Waals surface area contributed by atoms with Gasteiger partial charge < -0.3 is 10.1 Å². The van der Waals surface area contributed by atoms with Gasteiger partial charge >= 0.3 is 0 Å². The molecule has 0 unspecified atom stereocenters. The van der Waals surface area contributed by atoms with Crippen molar-refractivity contribution in [2.75, 3.05) is 0 Å². The van der Waals surface area contributed by atoms with Gasteiger partial charge in [0.25, 0.3) is 5.56 Å². The van der Waals surface area contributed by atoms with E-state index in [9.17, 15) is 18.3 Å². The molecular weight excluding hydrogens is 338 g/mol. The summed E-state index contributed by atoms with van der Waals surface area (Å²) in [4.78, 5) is 14.0. The number of fused-ring (bicyclic) bond motifs is 1. The second-order valence-electron chi connectivity index (χ2n) is 5.10. The van der Waals surface area contributed by atoms with Crippen molar-refractivity contribution in [1.82, 2.24) is 4.98 Å². The second-order valence-corrected chi connectivity index (χ2v) is 7.39. The lowest BCUT2D eigenvalue weighted by Crippen LogP contribution is -2.18. The normalized spacial score (nSPS) is 11.7. The summed E-state index contributed by atoms with van der Waals surface area (Å²) >= 11 is 6.00. The zero-order valence-electron chi connectivity index (χ0n) is 12.0. The van der Waals surface area contributed by atoms with Crippen LogP contribution in [0.25, 0.3) is 10.9 Å². The average molecular weight is 350 g/mol. The summed E-state index contributed by atoms with van der Waals surface area (Å²) in [5.41, 5.74) is 0.0402. The molecule has 0 bridgehead atoms. The number of sulfone groups is 1. The van der Waals surface area contributed by atoms with Crippen molar-refractivity contribution in [2.24, 2.45) is 0 Å². The first-order valence-corrected chi connectivity index (χ1v) is 8.53. The first kappa shape index (κ1) is 15.6. The minimum Gasteiger partial charge on any atom is -0.506 e. The van der Waals surface area contributed by atoms with Crippen molar-refractivity contribution in [3.05, 3.63) is 63.4 Å². The largest absolute Gasteiger partial charge is 0.506 e. The Kier molecular flexibility index (Phi) is 3.66. The number of hydrogen-bond acceptors (Lipinski definition) is 4. The number of hydrogen-bond donors (Lipinski definition) is 2. The summed E-state index contributed by atoms with van der Waals surface area (Å²) in [5.74, 6) is -0.577. The third-order valence-corrected chi connectivity index (χ3v) is 5.76. The molecule has 0 aliphatic rings. The molecule has 3 aromatic rings. The number of pyridine rings is 1. The highest BCUT2D eigenvalue weighted by atomic mass is 35.5. The van der Waals surface area contributed by atoms with E-state index in [1.165, 1.54) is 24.3 Å². The van der Waals surface area contributed by atoms with Crippen molar-refractivity contribution in [2.45, 2.75) is 16.7 Å². The van der Waals surface area contributed by atoms with Crippen LogP contribution >= 0.6 is 11.6 Å². The van der Waals surface area contributed by atoms with Crippen LogP contribution in [0.4, 0.5) is 0 Å². The SMILES string of the molecule is Cc1cc2c(O)c(S(=O)(=O)c3ccccc3)c(=O)[nH]c2cc1Cl. The maximum absolute atomic E-state index is 12.7. The van der Waals surface area contributed by atoms with E-state index in [0.717, 1.165) is 0 Å². The smallest absolute Gasteiger partial charge is 0.271 e. The van der Waals surface area contributed by atoms with E-state index in [1.807, 2.05) is 0 Å². The molecule has 0 aliphatic heterocycles. The van der Waals surface area contributed by atoms with Gasteiger partial charge in [0, 0.05) is 10.4 Å². The number of H-pyrrole nitrogens is 1. The van der Waals surface area contributed by atoms with Gasteiger partial charge in [0.15, 0.2) is 4.90 Å². The molecule has 5 nitrogen and oxygen atoms in total. The van der Waals surface area contributed by atoms with E-state index in [4.69, 9.17) is 11.6 Å². The average Bonchev–Trinajstić information content (AvgIpc) is 2.50. The Labute approximate surface area is 137 Å². The summed E-state index contributed by atoms with van der Waals surface area (Å²) in [5, 5.41) is 11.0. The fourth-order valence-corrected chi connectivity index (χ4v) is 3.93. The summed E-state index contributed by atoms with van der Waals surface area (Å²) in [7, 11) is -4.14. The van der Waals surface area contributed by atoms with Gasteiger partial charge in [-0.1, -0.05) is 29.8 Å². The molecule has 0 atom stereocenters. The van der Waals surface area contributed by atoms with Gasteiger partial charge in [-0.2, -0.15) is 0 Å². The highest BCUT2D eigenvalue weighted by molar-refractivity contribution is 7.91. The Morgan fingerprint density at radius 3 is 2.43 bits per heavy atom. The van der Waals surface area contributed by atoms with E-state index >= 15 is 0 Å². The van der Waals surface area contributed by atoms with E-state index in [2.05, 4.69) is 4.98 Å². The zero-order valence-corrected chi connectivity index (χ0v) is 13.6. The minimum atomic E-state index is -4.14. The topological polar surface area (TPSA) is 87.2 Å². The van der Waals surface area contributed by atoms with E-state index in [1.54, 1.807) is 25.1 Å². The third kappa shape index (κ3) is 2.50. The first-order chi connectivity index (χ1) is 10.8. The second kappa shape index (κ2) is 5.40. The summed E-state index contributed by atoms with van der Waals surface area (Å²) in [6, 6.07) is 10.5.